The van der Waals surface area contributed by atoms with Gasteiger partial charge in [-0.15, -0.1) is 0 Å². The zero-order chi connectivity index (χ0) is 21.7. The molecule has 5 N–H and O–H groups in total. The maximum absolute atomic E-state index is 15.5. The quantitative estimate of drug-likeness (QED) is 0.536. The first kappa shape index (κ1) is 22.8. The van der Waals surface area contributed by atoms with E-state index in [1.54, 1.807) is 13.0 Å². The van der Waals surface area contributed by atoms with E-state index in [1.807, 2.05) is 13.8 Å². The van der Waals surface area contributed by atoms with E-state index < -0.39 is 23.5 Å². The van der Waals surface area contributed by atoms with Gasteiger partial charge in [0.1, 0.15) is 11.6 Å². The molecule has 2 aromatic rings. The van der Waals surface area contributed by atoms with Crippen LogP contribution in [0.15, 0.2) is 30.5 Å². The summed E-state index contributed by atoms with van der Waals surface area (Å²) in [5.74, 6) is -1.22. The van der Waals surface area contributed by atoms with E-state index in [2.05, 4.69) is 10.3 Å². The molecule has 0 aliphatic carbocycles. The first-order valence-electron chi connectivity index (χ1n) is 9.38. The second kappa shape index (κ2) is 9.80. The largest absolute Gasteiger partial charge is 0.384 e. The highest BCUT2D eigenvalue weighted by Gasteiger charge is 2.26. The lowest BCUT2D eigenvalue weighted by atomic mass is 9.92. The van der Waals surface area contributed by atoms with Gasteiger partial charge in [-0.05, 0) is 37.5 Å². The summed E-state index contributed by atoms with van der Waals surface area (Å²) in [6.07, 6.45) is 2.00. The first-order chi connectivity index (χ1) is 13.6. The molecule has 0 saturated heterocycles. The predicted octanol–water partition coefficient (Wildman–Crippen LogP) is 3.63. The summed E-state index contributed by atoms with van der Waals surface area (Å²) in [5, 5.41) is 3.26. The van der Waals surface area contributed by atoms with Gasteiger partial charge >= 0.3 is 0 Å². The van der Waals surface area contributed by atoms with Crippen molar-refractivity contribution < 1.29 is 14.0 Å². The van der Waals surface area contributed by atoms with Crippen molar-refractivity contribution in [1.82, 2.24) is 10.3 Å². The number of nitrogens with two attached hydrogens (primary N) is 2. The highest BCUT2D eigenvalue weighted by Crippen LogP contribution is 2.31. The molecule has 1 heterocycles. The Morgan fingerprint density at radius 2 is 1.90 bits per heavy atom. The van der Waals surface area contributed by atoms with Crippen molar-refractivity contribution in [3.8, 4) is 0 Å². The van der Waals surface area contributed by atoms with E-state index in [1.165, 1.54) is 24.4 Å². The van der Waals surface area contributed by atoms with Crippen LogP contribution in [0.3, 0.4) is 0 Å². The number of primary amides is 1. The lowest BCUT2D eigenvalue weighted by Crippen LogP contribution is -2.35. The Hall–Kier alpha value is -2.51. The van der Waals surface area contributed by atoms with Gasteiger partial charge in [0.05, 0.1) is 10.6 Å². The molecular formula is C21H26ClFN4O2. The third-order valence-electron chi connectivity index (χ3n) is 4.47. The van der Waals surface area contributed by atoms with Gasteiger partial charge in [0.15, 0.2) is 5.78 Å². The minimum Gasteiger partial charge on any atom is -0.384 e. The van der Waals surface area contributed by atoms with E-state index in [-0.39, 0.29) is 40.3 Å². The minimum absolute atomic E-state index is 0.0153. The number of anilines is 1. The second-order valence-corrected chi connectivity index (χ2v) is 7.95. The molecule has 0 radical (unpaired) electrons. The summed E-state index contributed by atoms with van der Waals surface area (Å²) in [6, 6.07) is 5.34. The predicted molar refractivity (Wildman–Crippen MR) is 112 cm³/mol. The van der Waals surface area contributed by atoms with E-state index in [4.69, 9.17) is 23.1 Å². The molecule has 0 bridgehead atoms. The molecule has 6 nitrogen and oxygen atoms in total. The standard InChI is InChI=1S/C21H26ClFN4O2/c1-11(2)8-16(27-12(3)9-18(25)28)14-5-6-15(22)19(20(14)23)21(29)13-4-7-17(24)26-10-13/h4-7,10-12,16,27H,8-9H2,1-3H3,(H2,24,26)(H2,25,28)/t12-,16+/m0/s1. The Morgan fingerprint density at radius 3 is 2.45 bits per heavy atom. The van der Waals surface area contributed by atoms with Crippen molar-refractivity contribution in [2.45, 2.75) is 45.7 Å². The maximum Gasteiger partial charge on any atom is 0.218 e. The van der Waals surface area contributed by atoms with Crippen molar-refractivity contribution in [2.75, 3.05) is 5.73 Å². The summed E-state index contributed by atoms with van der Waals surface area (Å²) < 4.78 is 15.5. The molecule has 29 heavy (non-hydrogen) atoms. The van der Waals surface area contributed by atoms with Crippen LogP contribution < -0.4 is 16.8 Å². The number of ketones is 1. The fourth-order valence-corrected chi connectivity index (χ4v) is 3.42. The number of carbonyl (C=O) groups excluding carboxylic acids is 2. The minimum atomic E-state index is -0.691. The molecule has 0 fully saturated rings. The Balaban J connectivity index is 2.45. The maximum atomic E-state index is 15.5. The average molecular weight is 421 g/mol. The number of rotatable bonds is 9. The number of pyridine rings is 1. The number of carbonyl (C=O) groups is 2. The molecule has 0 saturated carbocycles. The smallest absolute Gasteiger partial charge is 0.218 e. The van der Waals surface area contributed by atoms with Crippen molar-refractivity contribution in [3.05, 3.63) is 58.0 Å². The Bertz CT molecular complexity index is 887. The van der Waals surface area contributed by atoms with Gasteiger partial charge in [-0.2, -0.15) is 0 Å². The lowest BCUT2D eigenvalue weighted by Gasteiger charge is -2.26. The summed E-state index contributed by atoms with van der Waals surface area (Å²) >= 11 is 6.17. The van der Waals surface area contributed by atoms with Gasteiger partial charge < -0.3 is 16.8 Å². The SMILES string of the molecule is CC(C)C[C@@H](N[C@@H](C)CC(N)=O)c1ccc(Cl)c(C(=O)c2ccc(N)nc2)c1F. The van der Waals surface area contributed by atoms with Crippen LogP contribution in [0.1, 0.15) is 61.1 Å². The van der Waals surface area contributed by atoms with Crippen LogP contribution in [-0.2, 0) is 4.79 Å². The topological polar surface area (TPSA) is 111 Å². The van der Waals surface area contributed by atoms with Crippen LogP contribution >= 0.6 is 11.6 Å². The van der Waals surface area contributed by atoms with Crippen LogP contribution in [0.2, 0.25) is 5.02 Å². The zero-order valence-corrected chi connectivity index (χ0v) is 17.5. The molecule has 2 atom stereocenters. The average Bonchev–Trinajstić information content (AvgIpc) is 2.60. The Kier molecular flexibility index (Phi) is 7.70. The van der Waals surface area contributed by atoms with E-state index in [0.717, 1.165) is 0 Å². The van der Waals surface area contributed by atoms with Gasteiger partial charge in [-0.1, -0.05) is 31.5 Å². The van der Waals surface area contributed by atoms with Crippen LogP contribution in [0.5, 0.6) is 0 Å². The third-order valence-corrected chi connectivity index (χ3v) is 4.79. The number of amides is 1. The molecule has 1 amide bonds. The van der Waals surface area contributed by atoms with Crippen LogP contribution in [0.25, 0.3) is 0 Å². The number of nitrogen functional groups attached to an aromatic ring is 1. The van der Waals surface area contributed by atoms with Crippen molar-refractivity contribution in [3.63, 3.8) is 0 Å². The summed E-state index contributed by atoms with van der Waals surface area (Å²) in [5.41, 5.74) is 11.1. The van der Waals surface area contributed by atoms with Crippen molar-refractivity contribution >= 4 is 29.1 Å². The summed E-state index contributed by atoms with van der Waals surface area (Å²) in [6.45, 7) is 5.82. The number of halogens is 2. The van der Waals surface area contributed by atoms with Crippen LogP contribution in [0, 0.1) is 11.7 Å². The molecule has 0 unspecified atom stereocenters. The normalized spacial score (nSPS) is 13.3. The van der Waals surface area contributed by atoms with Crippen molar-refractivity contribution in [2.24, 2.45) is 11.7 Å². The van der Waals surface area contributed by atoms with Crippen molar-refractivity contribution in [1.29, 1.82) is 0 Å². The van der Waals surface area contributed by atoms with Gasteiger partial charge in [0.2, 0.25) is 5.91 Å². The molecule has 0 aliphatic heterocycles. The van der Waals surface area contributed by atoms with E-state index in [9.17, 15) is 9.59 Å². The van der Waals surface area contributed by atoms with Crippen LogP contribution in [0.4, 0.5) is 10.2 Å². The highest BCUT2D eigenvalue weighted by molar-refractivity contribution is 6.35. The van der Waals surface area contributed by atoms with Gasteiger partial charge in [-0.25, -0.2) is 9.37 Å². The molecule has 0 aliphatic rings. The number of hydrogen-bond donors (Lipinski definition) is 3. The Morgan fingerprint density at radius 1 is 1.21 bits per heavy atom. The number of nitrogens with zero attached hydrogens (tertiary/aromatic N) is 1. The van der Waals surface area contributed by atoms with Gasteiger partial charge in [0.25, 0.3) is 0 Å². The fraction of sp³-hybridized carbons (Fsp3) is 0.381. The molecular weight excluding hydrogens is 395 g/mol. The molecule has 1 aromatic carbocycles. The summed E-state index contributed by atoms with van der Waals surface area (Å²) in [4.78, 5) is 28.0. The highest BCUT2D eigenvalue weighted by atomic mass is 35.5. The van der Waals surface area contributed by atoms with Gasteiger partial charge in [-0.3, -0.25) is 9.59 Å². The van der Waals surface area contributed by atoms with Crippen LogP contribution in [-0.4, -0.2) is 22.7 Å². The first-order valence-corrected chi connectivity index (χ1v) is 9.76. The second-order valence-electron chi connectivity index (χ2n) is 7.55. The zero-order valence-electron chi connectivity index (χ0n) is 16.7. The number of nitrogens with one attached hydrogen (secondary N) is 1. The molecule has 0 spiro atoms. The number of benzene rings is 1. The molecule has 156 valence electrons. The van der Waals surface area contributed by atoms with E-state index >= 15 is 4.39 Å². The number of aromatic nitrogens is 1. The molecule has 1 aromatic heterocycles. The third kappa shape index (κ3) is 5.98. The summed E-state index contributed by atoms with van der Waals surface area (Å²) in [7, 11) is 0. The monoisotopic (exact) mass is 420 g/mol. The van der Waals surface area contributed by atoms with Gasteiger partial charge in [0, 0.05) is 35.8 Å². The lowest BCUT2D eigenvalue weighted by molar-refractivity contribution is -0.118. The van der Waals surface area contributed by atoms with E-state index in [0.29, 0.717) is 12.0 Å². The number of hydrogen-bond acceptors (Lipinski definition) is 5. The molecule has 8 heteroatoms. The fourth-order valence-electron chi connectivity index (χ4n) is 3.19. The Labute approximate surface area is 174 Å². The molecule has 2 rings (SSSR count).